The first kappa shape index (κ1) is 18.8. The monoisotopic (exact) mass is 355 g/mol. The first-order chi connectivity index (χ1) is 11.3. The number of piperidine rings is 1. The van der Waals surface area contributed by atoms with Gasteiger partial charge in [0.25, 0.3) is 0 Å². The van der Waals surface area contributed by atoms with Crippen LogP contribution in [0, 0.1) is 5.92 Å². The van der Waals surface area contributed by atoms with E-state index in [4.69, 9.17) is 21.1 Å². The van der Waals surface area contributed by atoms with Crippen molar-refractivity contribution in [3.05, 3.63) is 17.4 Å². The van der Waals surface area contributed by atoms with Crippen LogP contribution in [0.1, 0.15) is 46.5 Å². The highest BCUT2D eigenvalue weighted by Gasteiger charge is 2.27. The highest BCUT2D eigenvalue weighted by atomic mass is 35.5. The zero-order chi connectivity index (χ0) is 17.6. The van der Waals surface area contributed by atoms with Gasteiger partial charge >= 0.3 is 12.1 Å². The Kier molecular flexibility index (Phi) is 6.66. The van der Waals surface area contributed by atoms with E-state index in [9.17, 15) is 4.79 Å². The fourth-order valence-electron chi connectivity index (χ4n) is 2.72. The third kappa shape index (κ3) is 6.51. The normalized spacial score (nSPS) is 18.3. The van der Waals surface area contributed by atoms with Gasteiger partial charge in [-0.15, -0.1) is 0 Å². The second-order valence-electron chi connectivity index (χ2n) is 7.09. The molecular formula is C17H26ClN3O3. The Morgan fingerprint density at radius 2 is 2.25 bits per heavy atom. The van der Waals surface area contributed by atoms with Crippen molar-refractivity contribution in [1.82, 2.24) is 14.9 Å². The molecular weight excluding hydrogens is 330 g/mol. The summed E-state index contributed by atoms with van der Waals surface area (Å²) in [5, 5.41) is 0.375. The van der Waals surface area contributed by atoms with Gasteiger partial charge in [0.1, 0.15) is 10.8 Å². The van der Waals surface area contributed by atoms with Crippen LogP contribution in [-0.4, -0.2) is 46.3 Å². The number of hydrogen-bond acceptors (Lipinski definition) is 5. The smallest absolute Gasteiger partial charge is 0.410 e. The first-order valence-corrected chi connectivity index (χ1v) is 8.80. The second kappa shape index (κ2) is 8.51. The van der Waals surface area contributed by atoms with Crippen LogP contribution in [0.15, 0.2) is 12.3 Å². The number of nitrogens with zero attached hydrogens (tertiary/aromatic N) is 3. The summed E-state index contributed by atoms with van der Waals surface area (Å²) in [6, 6.07) is 1.92. The van der Waals surface area contributed by atoms with E-state index in [1.807, 2.05) is 25.7 Å². The molecule has 7 heteroatoms. The number of amides is 1. The van der Waals surface area contributed by atoms with Crippen molar-refractivity contribution < 1.29 is 14.3 Å². The maximum Gasteiger partial charge on any atom is 0.410 e. The average Bonchev–Trinajstić information content (AvgIpc) is 2.50. The minimum Gasteiger partial charge on any atom is -0.463 e. The van der Waals surface area contributed by atoms with Crippen LogP contribution in [0.2, 0.25) is 5.15 Å². The zero-order valence-electron chi connectivity index (χ0n) is 14.6. The summed E-state index contributed by atoms with van der Waals surface area (Å²) in [7, 11) is 0. The number of carbonyl (C=O) groups excluding carboxylic acids is 1. The van der Waals surface area contributed by atoms with E-state index in [1.165, 1.54) is 0 Å². The van der Waals surface area contributed by atoms with Gasteiger partial charge in [0.15, 0.2) is 0 Å². The highest BCUT2D eigenvalue weighted by Crippen LogP contribution is 2.23. The van der Waals surface area contributed by atoms with Gasteiger partial charge in [-0.2, -0.15) is 4.98 Å². The van der Waals surface area contributed by atoms with Gasteiger partial charge in [0.2, 0.25) is 0 Å². The Bertz CT molecular complexity index is 548. The Balaban J connectivity index is 1.70. The van der Waals surface area contributed by atoms with E-state index in [0.717, 1.165) is 38.8 Å². The SMILES string of the molecule is CC(C)(C)OC(=O)N1CCCC(CCCOc2nccc(Cl)n2)C1. The Hall–Kier alpha value is -1.56. The summed E-state index contributed by atoms with van der Waals surface area (Å²) in [6.07, 6.45) is 5.40. The number of hydrogen-bond donors (Lipinski definition) is 0. The van der Waals surface area contributed by atoms with Crippen LogP contribution < -0.4 is 4.74 Å². The summed E-state index contributed by atoms with van der Waals surface area (Å²) in [6.45, 7) is 7.74. The molecule has 0 bridgehead atoms. The van der Waals surface area contributed by atoms with Crippen LogP contribution in [0.25, 0.3) is 0 Å². The molecule has 0 N–H and O–H groups in total. The van der Waals surface area contributed by atoms with Crippen LogP contribution >= 0.6 is 11.6 Å². The maximum absolute atomic E-state index is 12.2. The van der Waals surface area contributed by atoms with Crippen LogP contribution in [-0.2, 0) is 4.74 Å². The molecule has 1 unspecified atom stereocenters. The zero-order valence-corrected chi connectivity index (χ0v) is 15.4. The molecule has 1 atom stereocenters. The summed E-state index contributed by atoms with van der Waals surface area (Å²) < 4.78 is 11.0. The molecule has 1 aromatic heterocycles. The van der Waals surface area contributed by atoms with Crippen molar-refractivity contribution in [2.45, 2.75) is 52.1 Å². The number of ether oxygens (including phenoxy) is 2. The second-order valence-corrected chi connectivity index (χ2v) is 7.47. The molecule has 24 heavy (non-hydrogen) atoms. The van der Waals surface area contributed by atoms with E-state index in [0.29, 0.717) is 23.7 Å². The molecule has 0 aromatic carbocycles. The fraction of sp³-hybridized carbons (Fsp3) is 0.706. The van der Waals surface area contributed by atoms with Gasteiger partial charge in [-0.1, -0.05) is 11.6 Å². The maximum atomic E-state index is 12.2. The van der Waals surface area contributed by atoms with E-state index in [1.54, 1.807) is 12.3 Å². The van der Waals surface area contributed by atoms with Crippen molar-refractivity contribution in [3.8, 4) is 6.01 Å². The molecule has 1 aromatic rings. The van der Waals surface area contributed by atoms with Crippen molar-refractivity contribution in [1.29, 1.82) is 0 Å². The average molecular weight is 356 g/mol. The quantitative estimate of drug-likeness (QED) is 0.591. The lowest BCUT2D eigenvalue weighted by molar-refractivity contribution is 0.0159. The van der Waals surface area contributed by atoms with E-state index in [2.05, 4.69) is 9.97 Å². The Morgan fingerprint density at radius 1 is 1.46 bits per heavy atom. The van der Waals surface area contributed by atoms with E-state index >= 15 is 0 Å². The molecule has 1 saturated heterocycles. The van der Waals surface area contributed by atoms with Gasteiger partial charge in [-0.05, 0) is 58.4 Å². The largest absolute Gasteiger partial charge is 0.463 e. The molecule has 1 aliphatic heterocycles. The van der Waals surface area contributed by atoms with Gasteiger partial charge in [-0.3, -0.25) is 0 Å². The highest BCUT2D eigenvalue weighted by molar-refractivity contribution is 6.29. The van der Waals surface area contributed by atoms with Crippen molar-refractivity contribution in [2.24, 2.45) is 5.92 Å². The fourth-order valence-corrected chi connectivity index (χ4v) is 2.85. The third-order valence-electron chi connectivity index (χ3n) is 3.76. The van der Waals surface area contributed by atoms with Crippen molar-refractivity contribution >= 4 is 17.7 Å². The van der Waals surface area contributed by atoms with Crippen LogP contribution in [0.4, 0.5) is 4.79 Å². The molecule has 0 saturated carbocycles. The van der Waals surface area contributed by atoms with Crippen LogP contribution in [0.3, 0.4) is 0 Å². The van der Waals surface area contributed by atoms with Crippen molar-refractivity contribution in [2.75, 3.05) is 19.7 Å². The molecule has 6 nitrogen and oxygen atoms in total. The predicted octanol–water partition coefficient (Wildman–Crippen LogP) is 3.94. The number of carbonyl (C=O) groups is 1. The molecule has 2 rings (SSSR count). The van der Waals surface area contributed by atoms with E-state index < -0.39 is 5.60 Å². The Morgan fingerprint density at radius 3 is 2.96 bits per heavy atom. The lowest BCUT2D eigenvalue weighted by Crippen LogP contribution is -2.42. The first-order valence-electron chi connectivity index (χ1n) is 8.43. The molecule has 2 heterocycles. The van der Waals surface area contributed by atoms with Gasteiger partial charge in [-0.25, -0.2) is 9.78 Å². The molecule has 1 fully saturated rings. The molecule has 0 aliphatic carbocycles. The van der Waals surface area contributed by atoms with Crippen LogP contribution in [0.5, 0.6) is 6.01 Å². The number of aromatic nitrogens is 2. The minimum absolute atomic E-state index is 0.212. The van der Waals surface area contributed by atoms with Gasteiger partial charge in [0, 0.05) is 19.3 Å². The molecule has 1 amide bonds. The summed E-state index contributed by atoms with van der Waals surface area (Å²) in [5.41, 5.74) is -0.450. The summed E-state index contributed by atoms with van der Waals surface area (Å²) >= 11 is 5.79. The molecule has 1 aliphatic rings. The standard InChI is InChI=1S/C17H26ClN3O3/c1-17(2,3)24-16(22)21-10-4-6-13(12-21)7-5-11-23-15-19-9-8-14(18)20-15/h8-9,13H,4-7,10-12H2,1-3H3. The van der Waals surface area contributed by atoms with Crippen molar-refractivity contribution in [3.63, 3.8) is 0 Å². The molecule has 134 valence electrons. The van der Waals surface area contributed by atoms with Gasteiger partial charge in [0.05, 0.1) is 6.61 Å². The molecule has 0 spiro atoms. The minimum atomic E-state index is -0.450. The summed E-state index contributed by atoms with van der Waals surface area (Å²) in [4.78, 5) is 22.0. The Labute approximate surface area is 148 Å². The number of halogens is 1. The third-order valence-corrected chi connectivity index (χ3v) is 3.97. The lowest BCUT2D eigenvalue weighted by atomic mass is 9.94. The van der Waals surface area contributed by atoms with Gasteiger partial charge < -0.3 is 14.4 Å². The molecule has 0 radical (unpaired) electrons. The lowest BCUT2D eigenvalue weighted by Gasteiger charge is -2.34. The topological polar surface area (TPSA) is 64.5 Å². The predicted molar refractivity (Wildman–Crippen MR) is 92.3 cm³/mol. The van der Waals surface area contributed by atoms with E-state index in [-0.39, 0.29) is 6.09 Å². The summed E-state index contributed by atoms with van der Waals surface area (Å²) in [5.74, 6) is 0.482. The number of rotatable bonds is 5. The number of likely N-dealkylation sites (tertiary alicyclic amines) is 1.